The van der Waals surface area contributed by atoms with Crippen LogP contribution in [0.2, 0.25) is 0 Å². The third-order valence-corrected chi connectivity index (χ3v) is 4.84. The van der Waals surface area contributed by atoms with Gasteiger partial charge in [0.1, 0.15) is 12.9 Å². The number of benzene rings is 2. The number of nitrogens with two attached hydrogens (primary N) is 1. The van der Waals surface area contributed by atoms with Crippen LogP contribution in [0.15, 0.2) is 79.3 Å². The summed E-state index contributed by atoms with van der Waals surface area (Å²) in [5.74, 6) is 0.159. The van der Waals surface area contributed by atoms with Crippen molar-refractivity contribution in [3.63, 3.8) is 0 Å². The van der Waals surface area contributed by atoms with Crippen LogP contribution in [0.5, 0.6) is 0 Å². The van der Waals surface area contributed by atoms with Crippen LogP contribution in [-0.4, -0.2) is 22.7 Å². The number of aromatic nitrogens is 3. The number of anilines is 1. The van der Waals surface area contributed by atoms with E-state index in [-0.39, 0.29) is 5.78 Å². The standard InChI is InChI=1S/C23H20N4O2/c1-16-7-3-4-11-21(16)27-23(24)20(14-25-27)22(28)18-9-5-8-17(13-18)19-10-6-12-26(15-19)29-2/h3-15H,1-2H3,(H-,24,25,28)/p+1. The first-order chi connectivity index (χ1) is 14.1. The van der Waals surface area contributed by atoms with Gasteiger partial charge < -0.3 is 5.73 Å². The molecule has 0 aliphatic heterocycles. The first-order valence-corrected chi connectivity index (χ1v) is 9.19. The molecule has 0 radical (unpaired) electrons. The lowest BCUT2D eigenvalue weighted by Crippen LogP contribution is -2.39. The van der Waals surface area contributed by atoms with Gasteiger partial charge in [0.2, 0.25) is 12.4 Å². The summed E-state index contributed by atoms with van der Waals surface area (Å²) in [6, 6.07) is 19.1. The summed E-state index contributed by atoms with van der Waals surface area (Å²) in [6.07, 6.45) is 5.19. The average molecular weight is 385 g/mol. The van der Waals surface area contributed by atoms with E-state index in [2.05, 4.69) is 5.10 Å². The third kappa shape index (κ3) is 3.48. The Morgan fingerprint density at radius 3 is 2.66 bits per heavy atom. The van der Waals surface area contributed by atoms with Gasteiger partial charge in [-0.3, -0.25) is 9.63 Å². The molecule has 0 unspecified atom stereocenters. The van der Waals surface area contributed by atoms with Gasteiger partial charge in [0.05, 0.1) is 23.0 Å². The number of rotatable bonds is 5. The van der Waals surface area contributed by atoms with Crippen molar-refractivity contribution in [3.05, 3.63) is 95.9 Å². The summed E-state index contributed by atoms with van der Waals surface area (Å²) in [6.45, 7) is 1.98. The first-order valence-electron chi connectivity index (χ1n) is 9.19. The van der Waals surface area contributed by atoms with Gasteiger partial charge in [0.15, 0.2) is 5.78 Å². The van der Waals surface area contributed by atoms with Gasteiger partial charge in [0, 0.05) is 16.4 Å². The van der Waals surface area contributed by atoms with E-state index in [9.17, 15) is 4.79 Å². The van der Waals surface area contributed by atoms with E-state index in [4.69, 9.17) is 10.6 Å². The maximum atomic E-state index is 13.1. The lowest BCUT2D eigenvalue weighted by Gasteiger charge is -2.08. The Kier molecular flexibility index (Phi) is 4.83. The minimum Gasteiger partial charge on any atom is -0.383 e. The Morgan fingerprint density at radius 2 is 1.86 bits per heavy atom. The largest absolute Gasteiger partial charge is 0.383 e. The molecule has 4 aromatic rings. The third-order valence-electron chi connectivity index (χ3n) is 4.84. The average Bonchev–Trinajstić information content (AvgIpc) is 3.14. The van der Waals surface area contributed by atoms with E-state index in [0.29, 0.717) is 16.9 Å². The summed E-state index contributed by atoms with van der Waals surface area (Å²) in [7, 11) is 1.60. The van der Waals surface area contributed by atoms with Gasteiger partial charge in [-0.05, 0) is 36.2 Å². The Labute approximate surface area is 168 Å². The molecule has 0 saturated carbocycles. The summed E-state index contributed by atoms with van der Waals surface area (Å²) >= 11 is 0. The molecule has 29 heavy (non-hydrogen) atoms. The molecule has 0 aliphatic carbocycles. The number of nitrogens with zero attached hydrogens (tertiary/aromatic N) is 3. The first kappa shape index (κ1) is 18.4. The van der Waals surface area contributed by atoms with E-state index in [0.717, 1.165) is 22.4 Å². The number of hydrogen-bond donors (Lipinski definition) is 1. The Morgan fingerprint density at radius 1 is 1.07 bits per heavy atom. The van der Waals surface area contributed by atoms with E-state index in [1.165, 1.54) is 6.20 Å². The predicted octanol–water partition coefficient (Wildman–Crippen LogP) is 3.01. The van der Waals surface area contributed by atoms with Crippen molar-refractivity contribution >= 4 is 11.6 Å². The highest BCUT2D eigenvalue weighted by atomic mass is 16.6. The molecule has 0 saturated heterocycles. The van der Waals surface area contributed by atoms with Crippen LogP contribution in [0, 0.1) is 6.92 Å². The highest BCUT2D eigenvalue weighted by molar-refractivity contribution is 6.12. The van der Waals surface area contributed by atoms with Gasteiger partial charge in [-0.2, -0.15) is 5.10 Å². The van der Waals surface area contributed by atoms with Crippen molar-refractivity contribution < 1.29 is 14.4 Å². The summed E-state index contributed by atoms with van der Waals surface area (Å²) in [4.78, 5) is 18.4. The van der Waals surface area contributed by atoms with Crippen LogP contribution < -0.4 is 15.3 Å². The van der Waals surface area contributed by atoms with Crippen LogP contribution in [0.3, 0.4) is 0 Å². The molecule has 2 aromatic carbocycles. The van der Waals surface area contributed by atoms with Crippen molar-refractivity contribution in [2.45, 2.75) is 6.92 Å². The molecule has 0 fully saturated rings. The molecule has 0 amide bonds. The Balaban J connectivity index is 1.70. The monoisotopic (exact) mass is 385 g/mol. The lowest BCUT2D eigenvalue weighted by molar-refractivity contribution is -0.885. The number of carbonyl (C=O) groups is 1. The smallest absolute Gasteiger partial charge is 0.230 e. The van der Waals surface area contributed by atoms with E-state index >= 15 is 0 Å². The molecule has 2 heterocycles. The van der Waals surface area contributed by atoms with Gasteiger partial charge in [-0.25, -0.2) is 4.68 Å². The number of nitrogen functional groups attached to an aromatic ring is 1. The molecule has 2 N–H and O–H groups in total. The van der Waals surface area contributed by atoms with Gasteiger partial charge >= 0.3 is 0 Å². The molecule has 0 atom stereocenters. The lowest BCUT2D eigenvalue weighted by atomic mass is 10.00. The maximum Gasteiger partial charge on any atom is 0.230 e. The normalized spacial score (nSPS) is 10.7. The van der Waals surface area contributed by atoms with Gasteiger partial charge in [0.25, 0.3) is 0 Å². The summed E-state index contributed by atoms with van der Waals surface area (Å²) in [5.41, 5.74) is 10.9. The molecule has 6 nitrogen and oxygen atoms in total. The molecule has 4 rings (SSSR count). The van der Waals surface area contributed by atoms with Gasteiger partial charge in [-0.1, -0.05) is 36.4 Å². The number of aryl methyl sites for hydroxylation is 1. The highest BCUT2D eigenvalue weighted by Crippen LogP contribution is 2.24. The molecule has 144 valence electrons. The van der Waals surface area contributed by atoms with Crippen molar-refractivity contribution in [1.29, 1.82) is 0 Å². The number of para-hydroxylation sites is 1. The quantitative estimate of drug-likeness (QED) is 0.423. The molecular weight excluding hydrogens is 364 g/mol. The van der Waals surface area contributed by atoms with E-state index in [1.54, 1.807) is 28.8 Å². The van der Waals surface area contributed by atoms with Gasteiger partial charge in [-0.15, -0.1) is 0 Å². The second-order valence-electron chi connectivity index (χ2n) is 6.69. The fraction of sp³-hybridized carbons (Fsp3) is 0.0870. The predicted molar refractivity (Wildman–Crippen MR) is 111 cm³/mol. The summed E-state index contributed by atoms with van der Waals surface area (Å²) < 4.78 is 3.21. The molecule has 0 spiro atoms. The number of pyridine rings is 1. The Bertz CT molecular complexity index is 1200. The molecule has 2 aromatic heterocycles. The van der Waals surface area contributed by atoms with Crippen LogP contribution in [0.1, 0.15) is 21.5 Å². The van der Waals surface area contributed by atoms with Crippen molar-refractivity contribution in [2.24, 2.45) is 0 Å². The van der Waals surface area contributed by atoms with E-state index < -0.39 is 0 Å². The molecule has 0 bridgehead atoms. The fourth-order valence-corrected chi connectivity index (χ4v) is 3.26. The molecule has 0 aliphatic rings. The van der Waals surface area contributed by atoms with Crippen molar-refractivity contribution in [3.8, 4) is 16.8 Å². The van der Waals surface area contributed by atoms with Crippen molar-refractivity contribution in [2.75, 3.05) is 12.8 Å². The highest BCUT2D eigenvalue weighted by Gasteiger charge is 2.19. The zero-order chi connectivity index (χ0) is 20.4. The number of ketones is 1. The van der Waals surface area contributed by atoms with Crippen LogP contribution in [0.4, 0.5) is 5.82 Å². The van der Waals surface area contributed by atoms with Crippen LogP contribution in [0.25, 0.3) is 16.8 Å². The minimum absolute atomic E-state index is 0.167. The second kappa shape index (κ2) is 7.59. The van der Waals surface area contributed by atoms with E-state index in [1.807, 2.05) is 67.7 Å². The topological polar surface area (TPSA) is 74.0 Å². The molecule has 6 heteroatoms. The Hall–Kier alpha value is -3.93. The van der Waals surface area contributed by atoms with Crippen LogP contribution >= 0.6 is 0 Å². The number of carbonyl (C=O) groups excluding carboxylic acids is 1. The molecular formula is C23H21N4O2+. The fourth-order valence-electron chi connectivity index (χ4n) is 3.26. The second-order valence-corrected chi connectivity index (χ2v) is 6.69. The maximum absolute atomic E-state index is 13.1. The minimum atomic E-state index is -0.167. The van der Waals surface area contributed by atoms with Crippen molar-refractivity contribution in [1.82, 2.24) is 9.78 Å². The van der Waals surface area contributed by atoms with Crippen LogP contribution in [-0.2, 0) is 0 Å². The SMILES string of the molecule is CO[n+]1cccc(-c2cccc(C(=O)c3cnn(-c4ccccc4C)c3N)c2)c1. The zero-order valence-electron chi connectivity index (χ0n) is 16.2. The summed E-state index contributed by atoms with van der Waals surface area (Å²) in [5, 5.41) is 4.35. The number of hydrogen-bond acceptors (Lipinski definition) is 4. The zero-order valence-corrected chi connectivity index (χ0v) is 16.2.